The van der Waals surface area contributed by atoms with Crippen LogP contribution in [0, 0.1) is 11.3 Å². The second-order valence-corrected chi connectivity index (χ2v) is 8.70. The van der Waals surface area contributed by atoms with E-state index in [0.29, 0.717) is 11.6 Å². The Morgan fingerprint density at radius 1 is 1.15 bits per heavy atom. The van der Waals surface area contributed by atoms with E-state index in [1.54, 1.807) is 6.20 Å². The van der Waals surface area contributed by atoms with E-state index >= 15 is 0 Å². The highest BCUT2D eigenvalue weighted by molar-refractivity contribution is 5.80. The van der Waals surface area contributed by atoms with E-state index in [1.165, 1.54) is 19.3 Å². The van der Waals surface area contributed by atoms with Crippen molar-refractivity contribution in [3.05, 3.63) is 48.5 Å². The first-order valence-corrected chi connectivity index (χ1v) is 11.5. The van der Waals surface area contributed by atoms with Gasteiger partial charge < -0.3 is 10.1 Å². The Hall–Kier alpha value is -4.06. The molecule has 0 aliphatic heterocycles. The predicted molar refractivity (Wildman–Crippen MR) is 131 cm³/mol. The van der Waals surface area contributed by atoms with Crippen LogP contribution in [0.5, 0.6) is 0 Å². The fourth-order valence-electron chi connectivity index (χ4n) is 4.40. The van der Waals surface area contributed by atoms with Crippen LogP contribution < -0.4 is 5.32 Å². The van der Waals surface area contributed by atoms with Crippen LogP contribution in [-0.2, 0) is 4.79 Å². The minimum Gasteiger partial charge on any atom is -0.382 e. The molecule has 1 aliphatic carbocycles. The first-order chi connectivity index (χ1) is 16.6. The highest BCUT2D eigenvalue weighted by atomic mass is 16.1. The van der Waals surface area contributed by atoms with Crippen LogP contribution in [0.2, 0.25) is 0 Å². The zero-order valence-electron chi connectivity index (χ0n) is 19.5. The molecule has 0 unspecified atom stereocenters. The number of aromatic nitrogens is 6. The van der Waals surface area contributed by atoms with Gasteiger partial charge in [0, 0.05) is 47.3 Å². The Kier molecular flexibility index (Phi) is 6.97. The van der Waals surface area contributed by atoms with Gasteiger partial charge in [-0.1, -0.05) is 24.5 Å². The highest BCUT2D eigenvalue weighted by Gasteiger charge is 2.19. The van der Waals surface area contributed by atoms with Crippen LogP contribution in [0.3, 0.4) is 0 Å². The third kappa shape index (κ3) is 4.66. The van der Waals surface area contributed by atoms with Crippen molar-refractivity contribution < 1.29 is 4.79 Å². The van der Waals surface area contributed by atoms with E-state index in [2.05, 4.69) is 40.5 Å². The average molecular weight is 457 g/mol. The van der Waals surface area contributed by atoms with Crippen LogP contribution in [-0.4, -0.2) is 42.4 Å². The second kappa shape index (κ2) is 10.3. The molecule has 0 radical (unpaired) electrons. The van der Waals surface area contributed by atoms with Crippen LogP contribution in [0.25, 0.3) is 28.1 Å². The Morgan fingerprint density at radius 3 is 2.68 bits per heavy atom. The minimum atomic E-state index is 0.245. The summed E-state index contributed by atoms with van der Waals surface area (Å²) in [5.74, 6) is 0.754. The molecule has 4 heterocycles. The Balaban J connectivity index is 0.00000133. The fourth-order valence-corrected chi connectivity index (χ4v) is 4.40. The minimum absolute atomic E-state index is 0.245. The molecule has 1 N–H and O–H groups in total. The average Bonchev–Trinajstić information content (AvgIpc) is 3.53. The molecule has 174 valence electrons. The molecule has 5 rings (SSSR count). The number of nitriles is 1. The molecule has 4 aromatic rings. The van der Waals surface area contributed by atoms with E-state index in [1.807, 2.05) is 52.8 Å². The van der Waals surface area contributed by atoms with E-state index in [-0.39, 0.29) is 6.04 Å². The first-order valence-electron chi connectivity index (χ1n) is 11.5. The third-order valence-electron chi connectivity index (χ3n) is 5.97. The lowest BCUT2D eigenvalue weighted by molar-refractivity contribution is -0.0979. The summed E-state index contributed by atoms with van der Waals surface area (Å²) in [4.78, 5) is 17.2. The molecule has 0 atom stereocenters. The first kappa shape index (κ1) is 23.1. The van der Waals surface area contributed by atoms with Gasteiger partial charge in [0.25, 0.3) is 0 Å². The number of rotatable bonds is 5. The normalized spacial score (nSPS) is 13.9. The van der Waals surface area contributed by atoms with Crippen molar-refractivity contribution >= 4 is 23.5 Å². The maximum Gasteiger partial charge on any atom is 0.145 e. The van der Waals surface area contributed by atoms with Gasteiger partial charge in [-0.05, 0) is 38.8 Å². The lowest BCUT2D eigenvalue weighted by atomic mass is 9.96. The number of anilines is 1. The van der Waals surface area contributed by atoms with Crippen LogP contribution in [0.1, 0.15) is 57.6 Å². The van der Waals surface area contributed by atoms with Crippen molar-refractivity contribution in [1.82, 2.24) is 29.5 Å². The summed E-state index contributed by atoms with van der Waals surface area (Å²) < 4.78 is 3.96. The van der Waals surface area contributed by atoms with Gasteiger partial charge in [-0.25, -0.2) is 14.6 Å². The number of carbonyl (C=O) groups is 1. The van der Waals surface area contributed by atoms with E-state index in [0.717, 1.165) is 46.6 Å². The van der Waals surface area contributed by atoms with Gasteiger partial charge in [-0.2, -0.15) is 5.26 Å². The number of hydrogen-bond donors (Lipinski definition) is 1. The Bertz CT molecular complexity index is 1310. The van der Waals surface area contributed by atoms with E-state index < -0.39 is 0 Å². The van der Waals surface area contributed by atoms with Gasteiger partial charge in [0.2, 0.25) is 0 Å². The molecule has 1 saturated carbocycles. The summed E-state index contributed by atoms with van der Waals surface area (Å²) in [5.41, 5.74) is 4.02. The number of nitrogens with one attached hydrogen (secondary N) is 1. The van der Waals surface area contributed by atoms with Crippen LogP contribution >= 0.6 is 0 Å². The molecule has 9 heteroatoms. The monoisotopic (exact) mass is 456 g/mol. The summed E-state index contributed by atoms with van der Waals surface area (Å²) >= 11 is 0. The molecule has 34 heavy (non-hydrogen) atoms. The molecular weight excluding hydrogens is 428 g/mol. The lowest BCUT2D eigenvalue weighted by Crippen LogP contribution is -2.13. The standard InChI is InChI=1S/C24H26N8.CH2O/c1-16(2)28-21-11-23(31-9-8-18-10-17(12-25)13-27-24(18)31)26-14-20(21)22-15-32(30-29-22)19-6-4-3-5-7-19;1-2/h8-11,13-16,19H,3-7H2,1-2H3,(H,26,28);1H2. The smallest absolute Gasteiger partial charge is 0.145 e. The summed E-state index contributed by atoms with van der Waals surface area (Å²) in [6.07, 6.45) is 13.6. The molecule has 0 saturated heterocycles. The SMILES string of the molecule is C=O.CC(C)Nc1cc(-n2ccc3cc(C#N)cnc32)ncc1-c1cn(C2CCCCC2)nn1. The van der Waals surface area contributed by atoms with Crippen molar-refractivity contribution in [1.29, 1.82) is 5.26 Å². The van der Waals surface area contributed by atoms with Gasteiger partial charge >= 0.3 is 0 Å². The van der Waals surface area contributed by atoms with Crippen LogP contribution in [0.15, 0.2) is 43.0 Å². The molecule has 1 fully saturated rings. The molecule has 0 spiro atoms. The zero-order valence-corrected chi connectivity index (χ0v) is 19.5. The maximum atomic E-state index is 9.13. The summed E-state index contributed by atoms with van der Waals surface area (Å²) in [6.45, 7) is 6.22. The highest BCUT2D eigenvalue weighted by Crippen LogP contribution is 2.32. The number of hydrogen-bond acceptors (Lipinski definition) is 7. The van der Waals surface area contributed by atoms with Gasteiger partial charge in [0.15, 0.2) is 0 Å². The van der Waals surface area contributed by atoms with Gasteiger partial charge in [-0.15, -0.1) is 5.10 Å². The van der Waals surface area contributed by atoms with E-state index in [9.17, 15) is 0 Å². The van der Waals surface area contributed by atoms with Crippen LogP contribution in [0.4, 0.5) is 5.69 Å². The van der Waals surface area contributed by atoms with Crippen molar-refractivity contribution in [3.8, 4) is 23.1 Å². The number of pyridine rings is 2. The largest absolute Gasteiger partial charge is 0.382 e. The summed E-state index contributed by atoms with van der Waals surface area (Å²) in [6, 6.07) is 8.63. The topological polar surface area (TPSA) is 114 Å². The second-order valence-electron chi connectivity index (χ2n) is 8.70. The number of carbonyl (C=O) groups excluding carboxylic acids is 1. The fraction of sp³-hybridized carbons (Fsp3) is 0.360. The third-order valence-corrected chi connectivity index (χ3v) is 5.97. The molecular formula is C25H28N8O. The van der Waals surface area contributed by atoms with Crippen molar-refractivity contribution in [3.63, 3.8) is 0 Å². The molecule has 1 aliphatic rings. The van der Waals surface area contributed by atoms with Crippen molar-refractivity contribution in [2.24, 2.45) is 0 Å². The molecule has 4 aromatic heterocycles. The molecule has 0 amide bonds. The van der Waals surface area contributed by atoms with Crippen molar-refractivity contribution in [2.75, 3.05) is 5.32 Å². The predicted octanol–water partition coefficient (Wildman–Crippen LogP) is 4.69. The lowest BCUT2D eigenvalue weighted by Gasteiger charge is -2.21. The van der Waals surface area contributed by atoms with Gasteiger partial charge in [0.05, 0.1) is 17.8 Å². The van der Waals surface area contributed by atoms with E-state index in [4.69, 9.17) is 15.0 Å². The molecule has 9 nitrogen and oxygen atoms in total. The number of fused-ring (bicyclic) bond motifs is 1. The Morgan fingerprint density at radius 2 is 1.94 bits per heavy atom. The summed E-state index contributed by atoms with van der Waals surface area (Å²) in [7, 11) is 0. The zero-order chi connectivity index (χ0) is 24.1. The summed E-state index contributed by atoms with van der Waals surface area (Å²) in [5, 5.41) is 22.5. The van der Waals surface area contributed by atoms with Crippen molar-refractivity contribution in [2.45, 2.75) is 58.0 Å². The number of nitrogens with zero attached hydrogens (tertiary/aromatic N) is 7. The molecule has 0 aromatic carbocycles. The maximum absolute atomic E-state index is 9.13. The van der Waals surface area contributed by atoms with Gasteiger partial charge in [-0.3, -0.25) is 4.57 Å². The molecule has 0 bridgehead atoms. The Labute approximate surface area is 198 Å². The quantitative estimate of drug-likeness (QED) is 0.463. The van der Waals surface area contributed by atoms with Gasteiger partial charge in [0.1, 0.15) is 30.0 Å².